The maximum absolute atomic E-state index is 12.7. The maximum Gasteiger partial charge on any atom is 0.287 e. The second kappa shape index (κ2) is 8.59. The molecule has 0 radical (unpaired) electrons. The Morgan fingerprint density at radius 3 is 2.62 bits per heavy atom. The van der Waals surface area contributed by atoms with Gasteiger partial charge in [-0.1, -0.05) is 42.0 Å². The van der Waals surface area contributed by atoms with Crippen LogP contribution in [0.3, 0.4) is 0 Å². The minimum Gasteiger partial charge on any atom is -0.451 e. The number of benzene rings is 2. The van der Waals surface area contributed by atoms with Gasteiger partial charge in [-0.15, -0.1) is 0 Å². The van der Waals surface area contributed by atoms with Crippen LogP contribution in [0.4, 0.5) is 0 Å². The number of hydrogen-bond acceptors (Lipinski definition) is 5. The molecule has 0 aliphatic carbocycles. The molecule has 6 heteroatoms. The number of carbonyl (C=O) groups excluding carboxylic acids is 1. The van der Waals surface area contributed by atoms with Crippen molar-refractivity contribution >= 4 is 16.9 Å². The van der Waals surface area contributed by atoms with Crippen LogP contribution in [-0.4, -0.2) is 43.7 Å². The largest absolute Gasteiger partial charge is 0.451 e. The van der Waals surface area contributed by atoms with E-state index in [0.717, 1.165) is 24.2 Å². The van der Waals surface area contributed by atoms with Gasteiger partial charge in [0.05, 0.1) is 24.6 Å². The van der Waals surface area contributed by atoms with Gasteiger partial charge in [0.15, 0.2) is 11.2 Å². The van der Waals surface area contributed by atoms with Crippen molar-refractivity contribution in [2.24, 2.45) is 0 Å². The molecule has 2 aromatic carbocycles. The summed E-state index contributed by atoms with van der Waals surface area (Å²) in [5, 5.41) is 3.43. The Balaban J connectivity index is 1.54. The van der Waals surface area contributed by atoms with Crippen molar-refractivity contribution in [2.75, 3.05) is 32.8 Å². The van der Waals surface area contributed by atoms with E-state index in [-0.39, 0.29) is 17.2 Å². The van der Waals surface area contributed by atoms with Crippen molar-refractivity contribution in [1.29, 1.82) is 0 Å². The second-order valence-corrected chi connectivity index (χ2v) is 7.26. The summed E-state index contributed by atoms with van der Waals surface area (Å²) >= 11 is 0. The fourth-order valence-electron chi connectivity index (χ4n) is 3.68. The Morgan fingerprint density at radius 1 is 1.10 bits per heavy atom. The smallest absolute Gasteiger partial charge is 0.287 e. The normalized spacial score (nSPS) is 15.9. The van der Waals surface area contributed by atoms with Crippen LogP contribution < -0.4 is 10.7 Å². The van der Waals surface area contributed by atoms with Gasteiger partial charge in [-0.05, 0) is 24.6 Å². The molecule has 4 rings (SSSR count). The molecule has 1 N–H and O–H groups in total. The van der Waals surface area contributed by atoms with Gasteiger partial charge in [0, 0.05) is 25.7 Å². The summed E-state index contributed by atoms with van der Waals surface area (Å²) in [6.07, 6.45) is 0. The Bertz CT molecular complexity index is 1060. The summed E-state index contributed by atoms with van der Waals surface area (Å²) in [4.78, 5) is 27.4. The molecule has 1 aliphatic heterocycles. The van der Waals surface area contributed by atoms with Gasteiger partial charge in [-0.3, -0.25) is 14.5 Å². The zero-order valence-corrected chi connectivity index (χ0v) is 16.4. The summed E-state index contributed by atoms with van der Waals surface area (Å²) in [5.74, 6) is -0.362. The van der Waals surface area contributed by atoms with E-state index in [9.17, 15) is 9.59 Å². The molecule has 0 unspecified atom stereocenters. The van der Waals surface area contributed by atoms with Gasteiger partial charge in [-0.2, -0.15) is 0 Å². The average molecular weight is 392 g/mol. The molecule has 0 bridgehead atoms. The Hall–Kier alpha value is -2.96. The minimum absolute atomic E-state index is 0.0267. The quantitative estimate of drug-likeness (QED) is 0.723. The Kier molecular flexibility index (Phi) is 5.74. The molecule has 1 aliphatic rings. The van der Waals surface area contributed by atoms with E-state index in [0.29, 0.717) is 30.7 Å². The number of hydrogen-bond donors (Lipinski definition) is 1. The zero-order chi connectivity index (χ0) is 20.2. The monoisotopic (exact) mass is 392 g/mol. The first-order chi connectivity index (χ1) is 14.1. The highest BCUT2D eigenvalue weighted by atomic mass is 16.5. The molecule has 150 valence electrons. The number of ether oxygens (including phenoxy) is 1. The fourth-order valence-corrected chi connectivity index (χ4v) is 3.68. The van der Waals surface area contributed by atoms with Crippen LogP contribution in [-0.2, 0) is 4.74 Å². The third-order valence-electron chi connectivity index (χ3n) is 5.23. The standard InChI is InChI=1S/C23H24N2O4/c1-16-7-8-21-18(13-16)20(26)14-22(29-21)23(27)24-15-19(17-5-3-2-4-6-17)25-9-11-28-12-10-25/h2-8,13-14,19H,9-12,15H2,1H3,(H,24,27)/t19-/m1/s1. The van der Waals surface area contributed by atoms with E-state index < -0.39 is 5.91 Å². The number of rotatable bonds is 5. The predicted molar refractivity (Wildman–Crippen MR) is 111 cm³/mol. The highest BCUT2D eigenvalue weighted by molar-refractivity contribution is 5.93. The van der Waals surface area contributed by atoms with E-state index in [1.165, 1.54) is 6.07 Å². The van der Waals surface area contributed by atoms with Crippen molar-refractivity contribution in [3.05, 3.63) is 81.7 Å². The van der Waals surface area contributed by atoms with E-state index in [4.69, 9.17) is 9.15 Å². The van der Waals surface area contributed by atoms with Gasteiger partial charge in [0.2, 0.25) is 0 Å². The lowest BCUT2D eigenvalue weighted by molar-refractivity contribution is 0.0161. The van der Waals surface area contributed by atoms with Crippen LogP contribution in [0.25, 0.3) is 11.0 Å². The van der Waals surface area contributed by atoms with Crippen molar-refractivity contribution in [1.82, 2.24) is 10.2 Å². The molecular weight excluding hydrogens is 368 g/mol. The summed E-state index contributed by atoms with van der Waals surface area (Å²) in [6.45, 7) is 5.29. The number of nitrogens with zero attached hydrogens (tertiary/aromatic N) is 1. The van der Waals surface area contributed by atoms with Gasteiger partial charge in [0.25, 0.3) is 5.91 Å². The maximum atomic E-state index is 12.7. The summed E-state index contributed by atoms with van der Waals surface area (Å²) < 4.78 is 11.2. The van der Waals surface area contributed by atoms with E-state index in [1.54, 1.807) is 12.1 Å². The summed E-state index contributed by atoms with van der Waals surface area (Å²) in [6, 6.07) is 16.7. The van der Waals surface area contributed by atoms with Gasteiger partial charge in [-0.25, -0.2) is 0 Å². The first kappa shape index (κ1) is 19.4. The molecule has 0 spiro atoms. The van der Waals surface area contributed by atoms with Gasteiger partial charge < -0.3 is 14.5 Å². The van der Waals surface area contributed by atoms with E-state index in [2.05, 4.69) is 22.3 Å². The van der Waals surface area contributed by atoms with Gasteiger partial charge in [0.1, 0.15) is 5.58 Å². The number of carbonyl (C=O) groups is 1. The molecule has 29 heavy (non-hydrogen) atoms. The molecule has 1 atom stereocenters. The lowest BCUT2D eigenvalue weighted by atomic mass is 10.0. The van der Waals surface area contributed by atoms with Gasteiger partial charge >= 0.3 is 0 Å². The van der Waals surface area contributed by atoms with Crippen LogP contribution in [0, 0.1) is 6.92 Å². The van der Waals surface area contributed by atoms with E-state index >= 15 is 0 Å². The molecule has 1 aromatic heterocycles. The van der Waals surface area contributed by atoms with Crippen LogP contribution in [0.2, 0.25) is 0 Å². The topological polar surface area (TPSA) is 71.8 Å². The summed E-state index contributed by atoms with van der Waals surface area (Å²) in [7, 11) is 0. The molecule has 2 heterocycles. The zero-order valence-electron chi connectivity index (χ0n) is 16.4. The number of morpholine rings is 1. The highest BCUT2D eigenvalue weighted by Crippen LogP contribution is 2.21. The molecule has 3 aromatic rings. The highest BCUT2D eigenvalue weighted by Gasteiger charge is 2.24. The Morgan fingerprint density at radius 2 is 1.86 bits per heavy atom. The van der Waals surface area contributed by atoms with Crippen LogP contribution in [0.5, 0.6) is 0 Å². The minimum atomic E-state index is -0.390. The lowest BCUT2D eigenvalue weighted by Crippen LogP contribution is -2.43. The first-order valence-electron chi connectivity index (χ1n) is 9.81. The van der Waals surface area contributed by atoms with E-state index in [1.807, 2.05) is 31.2 Å². The third kappa shape index (κ3) is 4.39. The van der Waals surface area contributed by atoms with Crippen LogP contribution >= 0.6 is 0 Å². The predicted octanol–water partition coefficient (Wildman–Crippen LogP) is 2.90. The van der Waals surface area contributed by atoms with Crippen molar-refractivity contribution in [3.63, 3.8) is 0 Å². The Labute approximate surface area is 169 Å². The number of aryl methyl sites for hydroxylation is 1. The van der Waals surface area contributed by atoms with Crippen LogP contribution in [0.15, 0.2) is 63.8 Å². The molecule has 1 fully saturated rings. The molecule has 1 amide bonds. The average Bonchev–Trinajstić information content (AvgIpc) is 2.75. The number of amides is 1. The molecule has 0 saturated carbocycles. The SMILES string of the molecule is Cc1ccc2oc(C(=O)NC[C@H](c3ccccc3)N3CCOCC3)cc(=O)c2c1. The first-order valence-corrected chi connectivity index (χ1v) is 9.81. The molecular formula is C23H24N2O4. The van der Waals surface area contributed by atoms with Crippen molar-refractivity contribution < 1.29 is 13.9 Å². The van der Waals surface area contributed by atoms with Crippen molar-refractivity contribution in [3.8, 4) is 0 Å². The fraction of sp³-hybridized carbons (Fsp3) is 0.304. The lowest BCUT2D eigenvalue weighted by Gasteiger charge is -2.34. The number of nitrogens with one attached hydrogen (secondary N) is 1. The van der Waals surface area contributed by atoms with Crippen LogP contribution in [0.1, 0.15) is 27.7 Å². The van der Waals surface area contributed by atoms with Crippen molar-refractivity contribution in [2.45, 2.75) is 13.0 Å². The summed E-state index contributed by atoms with van der Waals surface area (Å²) in [5.41, 5.74) is 2.30. The second-order valence-electron chi connectivity index (χ2n) is 7.26. The number of fused-ring (bicyclic) bond motifs is 1. The molecule has 6 nitrogen and oxygen atoms in total. The molecule has 1 saturated heterocycles. The third-order valence-corrected chi connectivity index (χ3v) is 5.23.